The Morgan fingerprint density at radius 1 is 1.18 bits per heavy atom. The molecule has 0 spiro atoms. The van der Waals surface area contributed by atoms with Crippen LogP contribution in [0, 0.1) is 0 Å². The maximum Gasteiger partial charge on any atom is 0.326 e. The average molecular weight is 238 g/mol. The Labute approximate surface area is 96.9 Å². The van der Waals surface area contributed by atoms with E-state index < -0.39 is 11.2 Å². The molecule has 17 heavy (non-hydrogen) atoms. The summed E-state index contributed by atoms with van der Waals surface area (Å²) in [7, 11) is 1.38. The molecular weight excluding hydrogens is 224 g/mol. The Morgan fingerprint density at radius 2 is 1.82 bits per heavy atom. The summed E-state index contributed by atoms with van der Waals surface area (Å²) in [6.07, 6.45) is 0. The molecule has 0 aliphatic heterocycles. The second kappa shape index (κ2) is 5.20. The molecule has 1 aromatic carbocycles. The maximum atomic E-state index is 11.3. The third-order valence-electron chi connectivity index (χ3n) is 2.04. The lowest BCUT2D eigenvalue weighted by molar-refractivity contribution is 0.374. The summed E-state index contributed by atoms with van der Waals surface area (Å²) in [6.45, 7) is 4.00. The van der Waals surface area contributed by atoms with E-state index in [0.29, 0.717) is 5.52 Å². The summed E-state index contributed by atoms with van der Waals surface area (Å²) >= 11 is 0. The van der Waals surface area contributed by atoms with Crippen molar-refractivity contribution in [2.75, 3.05) is 7.11 Å². The van der Waals surface area contributed by atoms with Gasteiger partial charge in [-0.3, -0.25) is 9.78 Å². The Morgan fingerprint density at radius 3 is 2.41 bits per heavy atom. The van der Waals surface area contributed by atoms with Gasteiger partial charge >= 0.3 is 5.69 Å². The fourth-order valence-electron chi connectivity index (χ4n) is 1.35. The predicted octanol–water partition coefficient (Wildman–Crippen LogP) is 0.957. The Balaban J connectivity index is 0.000000686. The molecule has 0 atom stereocenters. The summed E-state index contributed by atoms with van der Waals surface area (Å²) in [4.78, 5) is 26.8. The Kier molecular flexibility index (Phi) is 3.92. The van der Waals surface area contributed by atoms with Crippen molar-refractivity contribution < 1.29 is 9.84 Å². The normalized spacial score (nSPS) is 9.59. The molecule has 1 aromatic heterocycles. The first-order valence-corrected chi connectivity index (χ1v) is 5.15. The van der Waals surface area contributed by atoms with Gasteiger partial charge in [0.15, 0.2) is 11.5 Å². The van der Waals surface area contributed by atoms with Gasteiger partial charge in [0.25, 0.3) is 5.56 Å². The van der Waals surface area contributed by atoms with Crippen molar-refractivity contribution in [3.8, 4) is 11.5 Å². The number of hydrogen-bond acceptors (Lipinski definition) is 4. The second-order valence-corrected chi connectivity index (χ2v) is 2.98. The van der Waals surface area contributed by atoms with E-state index in [1.54, 1.807) is 0 Å². The predicted molar refractivity (Wildman–Crippen MR) is 64.8 cm³/mol. The largest absolute Gasteiger partial charge is 0.504 e. The summed E-state index contributed by atoms with van der Waals surface area (Å²) in [6, 6.07) is 2.63. The van der Waals surface area contributed by atoms with Crippen LogP contribution in [0.3, 0.4) is 0 Å². The van der Waals surface area contributed by atoms with E-state index in [1.807, 2.05) is 13.8 Å². The number of nitrogens with one attached hydrogen (secondary N) is 2. The minimum absolute atomic E-state index is 0.150. The van der Waals surface area contributed by atoms with Crippen LogP contribution < -0.4 is 16.0 Å². The van der Waals surface area contributed by atoms with Gasteiger partial charge in [0.1, 0.15) is 0 Å². The minimum Gasteiger partial charge on any atom is -0.504 e. The number of phenols is 1. The quantitative estimate of drug-likeness (QED) is 0.689. The van der Waals surface area contributed by atoms with E-state index in [-0.39, 0.29) is 16.9 Å². The first-order valence-electron chi connectivity index (χ1n) is 5.15. The molecule has 92 valence electrons. The molecule has 0 fully saturated rings. The van der Waals surface area contributed by atoms with Crippen LogP contribution in [-0.4, -0.2) is 22.2 Å². The van der Waals surface area contributed by atoms with Gasteiger partial charge in [0, 0.05) is 6.07 Å². The van der Waals surface area contributed by atoms with Crippen LogP contribution in [-0.2, 0) is 0 Å². The molecule has 0 bridgehead atoms. The van der Waals surface area contributed by atoms with Gasteiger partial charge in [-0.05, 0) is 6.07 Å². The van der Waals surface area contributed by atoms with Gasteiger partial charge in [-0.15, -0.1) is 0 Å². The van der Waals surface area contributed by atoms with Crippen molar-refractivity contribution >= 4 is 10.9 Å². The van der Waals surface area contributed by atoms with E-state index in [9.17, 15) is 14.7 Å². The monoisotopic (exact) mass is 238 g/mol. The number of hydrogen-bond donors (Lipinski definition) is 3. The summed E-state index contributed by atoms with van der Waals surface area (Å²) < 4.78 is 4.85. The molecule has 0 aliphatic rings. The van der Waals surface area contributed by atoms with Crippen LogP contribution in [0.25, 0.3) is 10.9 Å². The fourth-order valence-corrected chi connectivity index (χ4v) is 1.35. The number of H-pyrrole nitrogens is 2. The third-order valence-corrected chi connectivity index (χ3v) is 2.04. The van der Waals surface area contributed by atoms with Gasteiger partial charge in [0.05, 0.1) is 18.0 Å². The molecule has 0 aliphatic carbocycles. The number of ether oxygens (including phenoxy) is 1. The molecule has 6 heteroatoms. The van der Waals surface area contributed by atoms with E-state index in [0.717, 1.165) is 0 Å². The topological polar surface area (TPSA) is 95.2 Å². The van der Waals surface area contributed by atoms with Gasteiger partial charge in [0.2, 0.25) is 0 Å². The van der Waals surface area contributed by atoms with Gasteiger partial charge in [-0.25, -0.2) is 4.79 Å². The molecule has 1 heterocycles. The Bertz CT molecular complexity index is 627. The van der Waals surface area contributed by atoms with E-state index in [1.165, 1.54) is 19.2 Å². The van der Waals surface area contributed by atoms with Crippen molar-refractivity contribution in [3.63, 3.8) is 0 Å². The zero-order valence-corrected chi connectivity index (χ0v) is 9.83. The number of aromatic nitrogens is 2. The van der Waals surface area contributed by atoms with Gasteiger partial charge in [-0.1, -0.05) is 13.8 Å². The average Bonchev–Trinajstić information content (AvgIpc) is 2.32. The molecule has 0 radical (unpaired) electrons. The van der Waals surface area contributed by atoms with Crippen molar-refractivity contribution in [1.29, 1.82) is 0 Å². The molecule has 0 saturated carbocycles. The highest BCUT2D eigenvalue weighted by atomic mass is 16.5. The molecule has 3 N–H and O–H groups in total. The first kappa shape index (κ1) is 12.8. The van der Waals surface area contributed by atoms with Crippen molar-refractivity contribution in [2.45, 2.75) is 13.8 Å². The first-order chi connectivity index (χ1) is 8.11. The number of methoxy groups -OCH3 is 1. The molecule has 2 rings (SSSR count). The highest BCUT2D eigenvalue weighted by Gasteiger charge is 2.07. The van der Waals surface area contributed by atoms with Crippen LogP contribution in [0.5, 0.6) is 11.5 Å². The minimum atomic E-state index is -0.597. The summed E-state index contributed by atoms with van der Waals surface area (Å²) in [5.41, 5.74) is -0.828. The SMILES string of the molecule is CC.COc1cc2[nH]c(=O)[nH]c(=O)c2cc1O. The van der Waals surface area contributed by atoms with Crippen molar-refractivity contribution in [1.82, 2.24) is 9.97 Å². The number of aromatic amines is 2. The molecule has 6 nitrogen and oxygen atoms in total. The maximum absolute atomic E-state index is 11.3. The highest BCUT2D eigenvalue weighted by Crippen LogP contribution is 2.28. The number of phenolic OH excluding ortho intramolecular Hbond substituents is 1. The zero-order valence-electron chi connectivity index (χ0n) is 9.83. The number of fused-ring (bicyclic) bond motifs is 1. The van der Waals surface area contributed by atoms with Crippen LogP contribution in [0.15, 0.2) is 21.7 Å². The van der Waals surface area contributed by atoms with Gasteiger partial charge in [-0.2, -0.15) is 0 Å². The van der Waals surface area contributed by atoms with Gasteiger partial charge < -0.3 is 14.8 Å². The van der Waals surface area contributed by atoms with Crippen LogP contribution >= 0.6 is 0 Å². The lowest BCUT2D eigenvalue weighted by atomic mass is 10.2. The molecule has 0 amide bonds. The van der Waals surface area contributed by atoms with Crippen LogP contribution in [0.1, 0.15) is 13.8 Å². The summed E-state index contributed by atoms with van der Waals surface area (Å²) in [5, 5.41) is 9.63. The van der Waals surface area contributed by atoms with Crippen molar-refractivity contribution in [2.24, 2.45) is 0 Å². The van der Waals surface area contributed by atoms with Crippen LogP contribution in [0.2, 0.25) is 0 Å². The zero-order chi connectivity index (χ0) is 13.0. The number of benzene rings is 1. The molecule has 2 aromatic rings. The molecule has 0 saturated heterocycles. The second-order valence-electron chi connectivity index (χ2n) is 2.98. The summed E-state index contributed by atoms with van der Waals surface area (Å²) in [5.74, 6) is 0.0475. The molecule has 0 unspecified atom stereocenters. The fraction of sp³-hybridized carbons (Fsp3) is 0.273. The number of rotatable bonds is 1. The molecular formula is C11H14N2O4. The lowest BCUT2D eigenvalue weighted by Crippen LogP contribution is -2.21. The number of aromatic hydroxyl groups is 1. The van der Waals surface area contributed by atoms with E-state index in [4.69, 9.17) is 4.74 Å². The third kappa shape index (κ3) is 2.47. The van der Waals surface area contributed by atoms with E-state index in [2.05, 4.69) is 9.97 Å². The lowest BCUT2D eigenvalue weighted by Gasteiger charge is -2.04. The van der Waals surface area contributed by atoms with Crippen molar-refractivity contribution in [3.05, 3.63) is 33.0 Å². The smallest absolute Gasteiger partial charge is 0.326 e. The van der Waals surface area contributed by atoms with E-state index >= 15 is 0 Å². The standard InChI is InChI=1S/C9H8N2O4.C2H6/c1-15-7-3-5-4(2-6(7)12)8(13)11-9(14)10-5;1-2/h2-3,12H,1H3,(H2,10,11,13,14);1-2H3. The highest BCUT2D eigenvalue weighted by molar-refractivity contribution is 5.81. The van der Waals surface area contributed by atoms with Crippen LogP contribution in [0.4, 0.5) is 0 Å². The Hall–Kier alpha value is -2.24.